The van der Waals surface area contributed by atoms with Crippen LogP contribution in [0.4, 0.5) is 5.69 Å². The number of hydrogen-bond donors (Lipinski definition) is 2. The fourth-order valence-electron chi connectivity index (χ4n) is 2.17. The number of anilines is 1. The summed E-state index contributed by atoms with van der Waals surface area (Å²) in [4.78, 5) is 0. The molecule has 0 radical (unpaired) electrons. The van der Waals surface area contributed by atoms with Crippen LogP contribution in [0.2, 0.25) is 0 Å². The van der Waals surface area contributed by atoms with Crippen LogP contribution in [0.1, 0.15) is 41.7 Å². The highest BCUT2D eigenvalue weighted by Gasteiger charge is 2.23. The Bertz CT molecular complexity index is 369. The highest BCUT2D eigenvalue weighted by atomic mass is 14.7. The Labute approximate surface area is 92.7 Å². The number of nitrogens with two attached hydrogens (primary N) is 2. The van der Waals surface area contributed by atoms with Crippen LogP contribution >= 0.6 is 0 Å². The summed E-state index contributed by atoms with van der Waals surface area (Å²) in [7, 11) is 0. The molecule has 15 heavy (non-hydrogen) atoms. The van der Waals surface area contributed by atoms with E-state index in [0.717, 1.165) is 16.8 Å². The predicted molar refractivity (Wildman–Crippen MR) is 67.0 cm³/mol. The molecule has 0 fully saturated rings. The molecule has 2 heteroatoms. The number of benzene rings is 1. The first-order valence-corrected chi connectivity index (χ1v) is 5.33. The minimum Gasteiger partial charge on any atom is -0.398 e. The van der Waals surface area contributed by atoms with Crippen molar-refractivity contribution >= 4 is 5.69 Å². The second-order valence-electron chi connectivity index (χ2n) is 5.01. The normalized spacial score (nSPS) is 11.9. The molecule has 1 aromatic carbocycles. The predicted octanol–water partition coefficient (Wildman–Crippen LogP) is 2.70. The lowest BCUT2D eigenvalue weighted by molar-refractivity contribution is 0.552. The van der Waals surface area contributed by atoms with Gasteiger partial charge in [0.05, 0.1) is 0 Å². The van der Waals surface area contributed by atoms with Gasteiger partial charge in [0.2, 0.25) is 0 Å². The molecular formula is C13H22N2. The summed E-state index contributed by atoms with van der Waals surface area (Å²) < 4.78 is 0. The summed E-state index contributed by atoms with van der Waals surface area (Å²) in [6.07, 6.45) is 0. The Morgan fingerprint density at radius 2 is 1.20 bits per heavy atom. The van der Waals surface area contributed by atoms with Gasteiger partial charge in [0.25, 0.3) is 0 Å². The first-order chi connectivity index (χ1) is 6.68. The van der Waals surface area contributed by atoms with Gasteiger partial charge in [-0.2, -0.15) is 0 Å². The Hall–Kier alpha value is -1.02. The Balaban J connectivity index is 3.68. The highest BCUT2D eigenvalue weighted by molar-refractivity contribution is 5.64. The van der Waals surface area contributed by atoms with Gasteiger partial charge in [-0.05, 0) is 69.4 Å². The molecule has 0 aliphatic carbocycles. The van der Waals surface area contributed by atoms with Crippen molar-refractivity contribution in [2.45, 2.75) is 47.1 Å². The summed E-state index contributed by atoms with van der Waals surface area (Å²) >= 11 is 0. The molecule has 0 unspecified atom stereocenters. The zero-order valence-corrected chi connectivity index (χ0v) is 10.7. The standard InChI is InChI=1S/C13H22N2/c1-7-8(2)10(4)12(14)11(9(7)3)13(5,6)15/h14-15H2,1-6H3. The first-order valence-electron chi connectivity index (χ1n) is 5.33. The molecule has 0 atom stereocenters. The van der Waals surface area contributed by atoms with Gasteiger partial charge < -0.3 is 11.5 Å². The zero-order valence-electron chi connectivity index (χ0n) is 10.7. The van der Waals surface area contributed by atoms with Crippen molar-refractivity contribution in [1.29, 1.82) is 0 Å². The average molecular weight is 206 g/mol. The van der Waals surface area contributed by atoms with Crippen molar-refractivity contribution in [2.24, 2.45) is 5.73 Å². The Morgan fingerprint density at radius 3 is 1.60 bits per heavy atom. The maximum atomic E-state index is 6.17. The summed E-state index contributed by atoms with van der Waals surface area (Å²) in [5.41, 5.74) is 18.8. The minimum absolute atomic E-state index is 0.378. The van der Waals surface area contributed by atoms with E-state index in [1.54, 1.807) is 0 Å². The second-order valence-corrected chi connectivity index (χ2v) is 5.01. The first kappa shape index (κ1) is 12.1. The third kappa shape index (κ3) is 1.86. The maximum absolute atomic E-state index is 6.17. The van der Waals surface area contributed by atoms with Gasteiger partial charge in [0.15, 0.2) is 0 Å². The molecule has 0 aromatic heterocycles. The number of rotatable bonds is 1. The molecule has 4 N–H and O–H groups in total. The molecule has 2 nitrogen and oxygen atoms in total. The quantitative estimate of drug-likeness (QED) is 0.694. The molecule has 1 rings (SSSR count). The van der Waals surface area contributed by atoms with E-state index in [0.29, 0.717) is 0 Å². The van der Waals surface area contributed by atoms with E-state index in [2.05, 4.69) is 27.7 Å². The number of nitrogen functional groups attached to an aromatic ring is 1. The SMILES string of the molecule is Cc1c(C)c(C)c(C(C)(C)N)c(N)c1C. The lowest BCUT2D eigenvalue weighted by atomic mass is 9.83. The van der Waals surface area contributed by atoms with Crippen LogP contribution in [0.15, 0.2) is 0 Å². The van der Waals surface area contributed by atoms with Crippen LogP contribution in [0.5, 0.6) is 0 Å². The average Bonchev–Trinajstić information content (AvgIpc) is 2.09. The Morgan fingerprint density at radius 1 is 0.800 bits per heavy atom. The molecule has 0 spiro atoms. The fraction of sp³-hybridized carbons (Fsp3) is 0.538. The molecule has 0 aliphatic heterocycles. The summed E-state index contributed by atoms with van der Waals surface area (Å²) in [6, 6.07) is 0. The van der Waals surface area contributed by atoms with Crippen molar-refractivity contribution in [2.75, 3.05) is 5.73 Å². The lowest BCUT2D eigenvalue weighted by Crippen LogP contribution is -2.31. The van der Waals surface area contributed by atoms with Gasteiger partial charge in [0, 0.05) is 11.2 Å². The van der Waals surface area contributed by atoms with Gasteiger partial charge >= 0.3 is 0 Å². The smallest absolute Gasteiger partial charge is 0.0400 e. The van der Waals surface area contributed by atoms with Crippen molar-refractivity contribution in [1.82, 2.24) is 0 Å². The van der Waals surface area contributed by atoms with E-state index in [1.807, 2.05) is 13.8 Å². The summed E-state index contributed by atoms with van der Waals surface area (Å²) in [5.74, 6) is 0. The largest absolute Gasteiger partial charge is 0.398 e. The van der Waals surface area contributed by atoms with Crippen molar-refractivity contribution in [3.63, 3.8) is 0 Å². The van der Waals surface area contributed by atoms with E-state index < -0.39 is 0 Å². The molecule has 0 saturated heterocycles. The maximum Gasteiger partial charge on any atom is 0.0400 e. The molecule has 0 heterocycles. The third-order valence-electron chi connectivity index (χ3n) is 3.38. The second kappa shape index (κ2) is 3.53. The Kier molecular flexibility index (Phi) is 2.83. The van der Waals surface area contributed by atoms with Crippen LogP contribution in [0.25, 0.3) is 0 Å². The van der Waals surface area contributed by atoms with Crippen LogP contribution in [0.3, 0.4) is 0 Å². The molecule has 0 amide bonds. The van der Waals surface area contributed by atoms with E-state index in [-0.39, 0.29) is 5.54 Å². The lowest BCUT2D eigenvalue weighted by Gasteiger charge is -2.27. The van der Waals surface area contributed by atoms with Crippen LogP contribution in [-0.2, 0) is 5.54 Å². The van der Waals surface area contributed by atoms with Gasteiger partial charge in [-0.1, -0.05) is 0 Å². The minimum atomic E-state index is -0.378. The molecular weight excluding hydrogens is 184 g/mol. The fourth-order valence-corrected chi connectivity index (χ4v) is 2.17. The van der Waals surface area contributed by atoms with Crippen LogP contribution in [0, 0.1) is 27.7 Å². The van der Waals surface area contributed by atoms with Crippen LogP contribution in [-0.4, -0.2) is 0 Å². The van der Waals surface area contributed by atoms with Crippen molar-refractivity contribution in [3.05, 3.63) is 27.8 Å². The van der Waals surface area contributed by atoms with E-state index in [4.69, 9.17) is 11.5 Å². The van der Waals surface area contributed by atoms with Gasteiger partial charge in [-0.3, -0.25) is 0 Å². The topological polar surface area (TPSA) is 52.0 Å². The summed E-state index contributed by atoms with van der Waals surface area (Å²) in [5, 5.41) is 0. The van der Waals surface area contributed by atoms with Crippen LogP contribution < -0.4 is 11.5 Å². The molecule has 0 bridgehead atoms. The van der Waals surface area contributed by atoms with E-state index in [9.17, 15) is 0 Å². The van der Waals surface area contributed by atoms with Crippen molar-refractivity contribution in [3.8, 4) is 0 Å². The molecule has 84 valence electrons. The monoisotopic (exact) mass is 206 g/mol. The zero-order chi connectivity index (χ0) is 12.0. The summed E-state index contributed by atoms with van der Waals surface area (Å²) in [6.45, 7) is 12.4. The molecule has 0 aliphatic rings. The van der Waals surface area contributed by atoms with E-state index >= 15 is 0 Å². The van der Waals surface area contributed by atoms with Gasteiger partial charge in [-0.15, -0.1) is 0 Å². The number of hydrogen-bond acceptors (Lipinski definition) is 2. The van der Waals surface area contributed by atoms with Gasteiger partial charge in [-0.25, -0.2) is 0 Å². The highest BCUT2D eigenvalue weighted by Crippen LogP contribution is 2.34. The molecule has 0 saturated carbocycles. The molecule has 1 aromatic rings. The van der Waals surface area contributed by atoms with E-state index in [1.165, 1.54) is 16.7 Å². The third-order valence-corrected chi connectivity index (χ3v) is 3.38. The van der Waals surface area contributed by atoms with Gasteiger partial charge in [0.1, 0.15) is 0 Å². The van der Waals surface area contributed by atoms with Crippen molar-refractivity contribution < 1.29 is 0 Å².